The van der Waals surface area contributed by atoms with E-state index in [0.29, 0.717) is 0 Å². The Kier molecular flexibility index (Phi) is 7.00. The molecule has 0 aromatic heterocycles. The van der Waals surface area contributed by atoms with Crippen molar-refractivity contribution in [2.75, 3.05) is 0 Å². The van der Waals surface area contributed by atoms with Gasteiger partial charge in [-0.05, 0) is 13.8 Å². The van der Waals surface area contributed by atoms with E-state index >= 15 is 0 Å². The standard InChI is InChI=1S/C7H6O.C5H11NO2/c8-6-7-4-2-1-3-5-7;1-3(7)5(6)4(2)8/h1-6H;3,5,7H,6H2,1-2H3. The third kappa shape index (κ3) is 6.06. The van der Waals surface area contributed by atoms with Crippen LogP contribution >= 0.6 is 0 Å². The number of benzene rings is 1. The highest BCUT2D eigenvalue weighted by Crippen LogP contribution is 1.91. The minimum atomic E-state index is -0.729. The second kappa shape index (κ2) is 7.73. The summed E-state index contributed by atoms with van der Waals surface area (Å²) < 4.78 is 0. The van der Waals surface area contributed by atoms with Gasteiger partial charge in [0.25, 0.3) is 0 Å². The zero-order chi connectivity index (χ0) is 12.6. The molecule has 16 heavy (non-hydrogen) atoms. The fourth-order valence-corrected chi connectivity index (χ4v) is 0.871. The van der Waals surface area contributed by atoms with Crippen LogP contribution in [-0.4, -0.2) is 29.3 Å². The van der Waals surface area contributed by atoms with Crippen LogP contribution in [0.15, 0.2) is 30.3 Å². The van der Waals surface area contributed by atoms with Gasteiger partial charge in [0.15, 0.2) is 0 Å². The third-order valence-corrected chi connectivity index (χ3v) is 1.92. The van der Waals surface area contributed by atoms with Crippen molar-refractivity contribution >= 4 is 12.1 Å². The van der Waals surface area contributed by atoms with Gasteiger partial charge in [0.05, 0.1) is 12.1 Å². The van der Waals surface area contributed by atoms with E-state index in [-0.39, 0.29) is 5.78 Å². The summed E-state index contributed by atoms with van der Waals surface area (Å²) in [6, 6.07) is 8.38. The van der Waals surface area contributed by atoms with Crippen LogP contribution < -0.4 is 5.73 Å². The number of aldehydes is 1. The lowest BCUT2D eigenvalue weighted by Gasteiger charge is -2.08. The Labute approximate surface area is 95.1 Å². The fraction of sp³-hybridized carbons (Fsp3) is 0.333. The number of hydrogen-bond donors (Lipinski definition) is 2. The van der Waals surface area contributed by atoms with E-state index in [1.54, 1.807) is 12.1 Å². The predicted molar refractivity (Wildman–Crippen MR) is 62.2 cm³/mol. The number of Topliss-reactive ketones (excluding diaryl/α,β-unsaturated/α-hetero) is 1. The van der Waals surface area contributed by atoms with Crippen LogP contribution in [0.5, 0.6) is 0 Å². The molecule has 2 atom stereocenters. The molecule has 4 heteroatoms. The number of aliphatic hydroxyl groups excluding tert-OH is 1. The van der Waals surface area contributed by atoms with Crippen molar-refractivity contribution < 1.29 is 14.7 Å². The van der Waals surface area contributed by atoms with E-state index in [4.69, 9.17) is 10.8 Å². The Morgan fingerprint density at radius 1 is 1.38 bits per heavy atom. The first-order chi connectivity index (χ1) is 7.49. The molecule has 3 N–H and O–H groups in total. The Hall–Kier alpha value is -1.52. The number of rotatable bonds is 3. The van der Waals surface area contributed by atoms with E-state index < -0.39 is 12.1 Å². The maximum atomic E-state index is 10.3. The number of ketones is 1. The zero-order valence-electron chi connectivity index (χ0n) is 9.46. The van der Waals surface area contributed by atoms with Crippen molar-refractivity contribution in [3.8, 4) is 0 Å². The van der Waals surface area contributed by atoms with Crippen LogP contribution in [0.4, 0.5) is 0 Å². The van der Waals surface area contributed by atoms with Gasteiger partial charge < -0.3 is 10.8 Å². The molecule has 0 aliphatic rings. The molecule has 88 valence electrons. The van der Waals surface area contributed by atoms with Crippen LogP contribution in [-0.2, 0) is 4.79 Å². The average molecular weight is 223 g/mol. The third-order valence-electron chi connectivity index (χ3n) is 1.92. The lowest BCUT2D eigenvalue weighted by Crippen LogP contribution is -2.38. The Bertz CT molecular complexity index is 322. The molecule has 0 saturated carbocycles. The van der Waals surface area contributed by atoms with Gasteiger partial charge in [-0.2, -0.15) is 0 Å². The minimum absolute atomic E-state index is 0.181. The summed E-state index contributed by atoms with van der Waals surface area (Å²) >= 11 is 0. The van der Waals surface area contributed by atoms with E-state index in [1.807, 2.05) is 18.2 Å². The summed E-state index contributed by atoms with van der Waals surface area (Å²) in [5, 5.41) is 8.65. The average Bonchev–Trinajstić information content (AvgIpc) is 2.29. The number of carbonyl (C=O) groups excluding carboxylic acids is 2. The number of aliphatic hydroxyl groups is 1. The lowest BCUT2D eigenvalue weighted by molar-refractivity contribution is -0.120. The molecule has 0 spiro atoms. The van der Waals surface area contributed by atoms with Crippen molar-refractivity contribution in [3.63, 3.8) is 0 Å². The summed E-state index contributed by atoms with van der Waals surface area (Å²) in [7, 11) is 0. The van der Waals surface area contributed by atoms with Crippen molar-refractivity contribution in [3.05, 3.63) is 35.9 Å². The van der Waals surface area contributed by atoms with Gasteiger partial charge in [-0.15, -0.1) is 0 Å². The maximum Gasteiger partial charge on any atom is 0.150 e. The molecule has 0 saturated heterocycles. The van der Waals surface area contributed by atoms with E-state index in [2.05, 4.69) is 0 Å². The SMILES string of the molecule is CC(=O)C(N)C(C)O.O=Cc1ccccc1. The number of hydrogen-bond acceptors (Lipinski definition) is 4. The minimum Gasteiger partial charge on any atom is -0.391 e. The molecule has 0 heterocycles. The first-order valence-electron chi connectivity index (χ1n) is 4.93. The van der Waals surface area contributed by atoms with E-state index in [0.717, 1.165) is 11.8 Å². The molecular formula is C12H17NO3. The highest BCUT2D eigenvalue weighted by molar-refractivity contribution is 5.81. The maximum absolute atomic E-state index is 10.3. The van der Waals surface area contributed by atoms with Gasteiger partial charge >= 0.3 is 0 Å². The molecule has 4 nitrogen and oxygen atoms in total. The van der Waals surface area contributed by atoms with Gasteiger partial charge in [0.1, 0.15) is 12.1 Å². The molecule has 0 aliphatic carbocycles. The summed E-state index contributed by atoms with van der Waals surface area (Å²) in [4.78, 5) is 20.3. The molecule has 0 fully saturated rings. The normalized spacial score (nSPS) is 13.0. The molecule has 0 aliphatic heterocycles. The number of carbonyl (C=O) groups is 2. The van der Waals surface area contributed by atoms with E-state index in [1.165, 1.54) is 13.8 Å². The van der Waals surface area contributed by atoms with Gasteiger partial charge in [0, 0.05) is 5.56 Å². The zero-order valence-corrected chi connectivity index (χ0v) is 9.46. The Morgan fingerprint density at radius 3 is 2.06 bits per heavy atom. The molecule has 0 radical (unpaired) electrons. The largest absolute Gasteiger partial charge is 0.391 e. The van der Waals surface area contributed by atoms with Gasteiger partial charge in [-0.25, -0.2) is 0 Å². The summed E-state index contributed by atoms with van der Waals surface area (Å²) in [6.07, 6.45) is 0.104. The molecular weight excluding hydrogens is 206 g/mol. The lowest BCUT2D eigenvalue weighted by atomic mass is 10.1. The monoisotopic (exact) mass is 223 g/mol. The van der Waals surface area contributed by atoms with Gasteiger partial charge in [-0.3, -0.25) is 9.59 Å². The van der Waals surface area contributed by atoms with Crippen LogP contribution in [0.3, 0.4) is 0 Å². The predicted octanol–water partition coefficient (Wildman–Crippen LogP) is 0.783. The van der Waals surface area contributed by atoms with E-state index in [9.17, 15) is 9.59 Å². The highest BCUT2D eigenvalue weighted by Gasteiger charge is 2.12. The van der Waals surface area contributed by atoms with Crippen LogP contribution in [0.25, 0.3) is 0 Å². The molecule has 2 unspecified atom stereocenters. The quantitative estimate of drug-likeness (QED) is 0.742. The Balaban J connectivity index is 0.000000281. The Morgan fingerprint density at radius 2 is 1.88 bits per heavy atom. The smallest absolute Gasteiger partial charge is 0.150 e. The van der Waals surface area contributed by atoms with Crippen LogP contribution in [0.1, 0.15) is 24.2 Å². The van der Waals surface area contributed by atoms with Crippen LogP contribution in [0.2, 0.25) is 0 Å². The van der Waals surface area contributed by atoms with Crippen molar-refractivity contribution in [1.29, 1.82) is 0 Å². The first-order valence-corrected chi connectivity index (χ1v) is 4.93. The molecule has 1 rings (SSSR count). The fourth-order valence-electron chi connectivity index (χ4n) is 0.871. The number of nitrogens with two attached hydrogens (primary N) is 1. The first kappa shape index (κ1) is 14.5. The second-order valence-corrected chi connectivity index (χ2v) is 3.41. The van der Waals surface area contributed by atoms with Gasteiger partial charge in [-0.1, -0.05) is 30.3 Å². The van der Waals surface area contributed by atoms with Crippen molar-refractivity contribution in [2.45, 2.75) is 26.0 Å². The van der Waals surface area contributed by atoms with Crippen molar-refractivity contribution in [2.24, 2.45) is 5.73 Å². The topological polar surface area (TPSA) is 80.4 Å². The summed E-state index contributed by atoms with van der Waals surface area (Å²) in [5.74, 6) is -0.181. The summed E-state index contributed by atoms with van der Waals surface area (Å²) in [6.45, 7) is 2.85. The summed E-state index contributed by atoms with van der Waals surface area (Å²) in [5.41, 5.74) is 5.89. The second-order valence-electron chi connectivity index (χ2n) is 3.41. The molecule has 1 aromatic carbocycles. The highest BCUT2D eigenvalue weighted by atomic mass is 16.3. The molecule has 0 bridgehead atoms. The molecule has 1 aromatic rings. The van der Waals surface area contributed by atoms with Crippen LogP contribution in [0, 0.1) is 0 Å². The van der Waals surface area contributed by atoms with Crippen molar-refractivity contribution in [1.82, 2.24) is 0 Å². The molecule has 0 amide bonds. The van der Waals surface area contributed by atoms with Gasteiger partial charge in [0.2, 0.25) is 0 Å².